The summed E-state index contributed by atoms with van der Waals surface area (Å²) < 4.78 is 10.5. The molecule has 1 heterocycles. The van der Waals surface area contributed by atoms with Crippen molar-refractivity contribution in [2.75, 3.05) is 19.5 Å². The van der Waals surface area contributed by atoms with Gasteiger partial charge in [-0.25, -0.2) is 4.98 Å². The molecule has 2 aromatic rings. The second kappa shape index (κ2) is 6.33. The minimum atomic E-state index is 0.454. The van der Waals surface area contributed by atoms with E-state index in [4.69, 9.17) is 26.3 Å². The van der Waals surface area contributed by atoms with Crippen molar-refractivity contribution in [1.29, 1.82) is 5.26 Å². The minimum Gasteiger partial charge on any atom is -0.495 e. The second-order valence-electron chi connectivity index (χ2n) is 4.31. The number of pyridine rings is 1. The zero-order valence-corrected chi connectivity index (χ0v) is 12.7. The van der Waals surface area contributed by atoms with E-state index in [9.17, 15) is 0 Å². The van der Waals surface area contributed by atoms with Crippen LogP contribution in [0.2, 0.25) is 5.02 Å². The van der Waals surface area contributed by atoms with Gasteiger partial charge < -0.3 is 14.8 Å². The first kappa shape index (κ1) is 14.9. The van der Waals surface area contributed by atoms with E-state index < -0.39 is 0 Å². The largest absolute Gasteiger partial charge is 0.495 e. The Balaban J connectivity index is 2.43. The van der Waals surface area contributed by atoms with Crippen LogP contribution in [0.4, 0.5) is 11.5 Å². The molecule has 5 nitrogen and oxygen atoms in total. The summed E-state index contributed by atoms with van der Waals surface area (Å²) >= 11 is 6.06. The van der Waals surface area contributed by atoms with Crippen LogP contribution in [0, 0.1) is 18.3 Å². The van der Waals surface area contributed by atoms with E-state index in [1.54, 1.807) is 31.4 Å². The molecule has 0 unspecified atom stereocenters. The molecule has 1 N–H and O–H groups in total. The lowest BCUT2D eigenvalue weighted by atomic mass is 10.2. The molecule has 0 aliphatic rings. The molecule has 0 saturated heterocycles. The Bertz CT molecular complexity index is 711. The molecular weight excluding hydrogens is 290 g/mol. The van der Waals surface area contributed by atoms with Gasteiger partial charge in [-0.15, -0.1) is 0 Å². The number of halogens is 1. The van der Waals surface area contributed by atoms with Crippen LogP contribution in [-0.4, -0.2) is 19.2 Å². The molecule has 0 bridgehead atoms. The van der Waals surface area contributed by atoms with E-state index in [-0.39, 0.29) is 0 Å². The fourth-order valence-electron chi connectivity index (χ4n) is 1.89. The number of ether oxygens (including phenoxy) is 2. The van der Waals surface area contributed by atoms with Crippen LogP contribution in [0.3, 0.4) is 0 Å². The van der Waals surface area contributed by atoms with Gasteiger partial charge in [-0.1, -0.05) is 11.6 Å². The van der Waals surface area contributed by atoms with Crippen molar-refractivity contribution in [2.45, 2.75) is 6.92 Å². The van der Waals surface area contributed by atoms with E-state index in [0.717, 1.165) is 5.69 Å². The molecule has 0 spiro atoms. The lowest BCUT2D eigenvalue weighted by molar-refractivity contribution is 0.405. The zero-order valence-electron chi connectivity index (χ0n) is 11.9. The topological polar surface area (TPSA) is 67.2 Å². The van der Waals surface area contributed by atoms with E-state index in [1.165, 1.54) is 7.11 Å². The predicted octanol–water partition coefficient (Wildman–Crippen LogP) is 3.68. The molecule has 0 aliphatic heterocycles. The van der Waals surface area contributed by atoms with Gasteiger partial charge in [-0.05, 0) is 19.1 Å². The number of hydrogen-bond acceptors (Lipinski definition) is 5. The van der Waals surface area contributed by atoms with E-state index in [1.807, 2.05) is 6.92 Å². The van der Waals surface area contributed by atoms with Gasteiger partial charge in [0.05, 0.1) is 36.6 Å². The number of hydrogen-bond donors (Lipinski definition) is 1. The Kier molecular flexibility index (Phi) is 4.51. The number of aromatic nitrogens is 1. The highest BCUT2D eigenvalue weighted by Crippen LogP contribution is 2.37. The van der Waals surface area contributed by atoms with Crippen LogP contribution in [-0.2, 0) is 0 Å². The summed E-state index contributed by atoms with van der Waals surface area (Å²) in [6.07, 6.45) is 0. The molecular formula is C15H14ClN3O2. The molecule has 0 aliphatic carbocycles. The Morgan fingerprint density at radius 2 is 1.86 bits per heavy atom. The fraction of sp³-hybridized carbons (Fsp3) is 0.200. The normalized spacial score (nSPS) is 9.86. The van der Waals surface area contributed by atoms with Crippen LogP contribution in [0.25, 0.3) is 0 Å². The fourth-order valence-corrected chi connectivity index (χ4v) is 2.12. The van der Waals surface area contributed by atoms with Crippen LogP contribution in [0.5, 0.6) is 11.5 Å². The number of rotatable bonds is 4. The van der Waals surface area contributed by atoms with Crippen LogP contribution < -0.4 is 14.8 Å². The molecule has 1 aromatic heterocycles. The third-order valence-corrected chi connectivity index (χ3v) is 3.11. The van der Waals surface area contributed by atoms with Crippen molar-refractivity contribution in [1.82, 2.24) is 4.98 Å². The van der Waals surface area contributed by atoms with E-state index in [2.05, 4.69) is 16.4 Å². The monoisotopic (exact) mass is 303 g/mol. The maximum atomic E-state index is 9.00. The Labute approximate surface area is 128 Å². The maximum Gasteiger partial charge on any atom is 0.144 e. The SMILES string of the molecule is COc1cc(Nc2cc(C#N)cc(C)n2)c(OC)cc1Cl. The number of nitrogens with zero attached hydrogens (tertiary/aromatic N) is 2. The van der Waals surface area contributed by atoms with Crippen molar-refractivity contribution >= 4 is 23.1 Å². The number of aryl methyl sites for hydroxylation is 1. The van der Waals surface area contributed by atoms with Gasteiger partial charge in [0.2, 0.25) is 0 Å². The third-order valence-electron chi connectivity index (χ3n) is 2.82. The molecule has 1 aromatic carbocycles. The molecule has 0 atom stereocenters. The van der Waals surface area contributed by atoms with Crippen LogP contribution in [0.1, 0.15) is 11.3 Å². The summed E-state index contributed by atoms with van der Waals surface area (Å²) in [5, 5.41) is 12.6. The van der Waals surface area contributed by atoms with Gasteiger partial charge >= 0.3 is 0 Å². The lowest BCUT2D eigenvalue weighted by Crippen LogP contribution is -1.99. The summed E-state index contributed by atoms with van der Waals surface area (Å²) in [7, 11) is 3.09. The lowest BCUT2D eigenvalue weighted by Gasteiger charge is -2.14. The van der Waals surface area contributed by atoms with Crippen molar-refractivity contribution in [3.8, 4) is 17.6 Å². The van der Waals surface area contributed by atoms with Crippen molar-refractivity contribution in [3.63, 3.8) is 0 Å². The molecule has 0 fully saturated rings. The van der Waals surface area contributed by atoms with Gasteiger partial charge in [0.25, 0.3) is 0 Å². The van der Waals surface area contributed by atoms with Gasteiger partial charge in [-0.2, -0.15) is 5.26 Å². The van der Waals surface area contributed by atoms with Gasteiger partial charge in [0.15, 0.2) is 0 Å². The predicted molar refractivity (Wildman–Crippen MR) is 81.5 cm³/mol. The Hall–Kier alpha value is -2.45. The summed E-state index contributed by atoms with van der Waals surface area (Å²) in [5.41, 5.74) is 1.93. The second-order valence-corrected chi connectivity index (χ2v) is 4.71. The first-order valence-corrected chi connectivity index (χ1v) is 6.52. The Morgan fingerprint density at radius 1 is 1.14 bits per heavy atom. The van der Waals surface area contributed by atoms with Gasteiger partial charge in [0.1, 0.15) is 17.3 Å². The molecule has 6 heteroatoms. The van der Waals surface area contributed by atoms with E-state index >= 15 is 0 Å². The van der Waals surface area contributed by atoms with Crippen molar-refractivity contribution in [3.05, 3.63) is 40.5 Å². The zero-order chi connectivity index (χ0) is 15.4. The number of methoxy groups -OCH3 is 2. The average molecular weight is 304 g/mol. The summed E-state index contributed by atoms with van der Waals surface area (Å²) in [4.78, 5) is 4.34. The quantitative estimate of drug-likeness (QED) is 0.933. The Morgan fingerprint density at radius 3 is 2.48 bits per heavy atom. The first-order valence-electron chi connectivity index (χ1n) is 6.14. The van der Waals surface area contributed by atoms with Gasteiger partial charge in [-0.3, -0.25) is 0 Å². The molecule has 0 saturated carbocycles. The summed E-state index contributed by atoms with van der Waals surface area (Å²) in [6.45, 7) is 1.83. The molecule has 0 radical (unpaired) electrons. The highest BCUT2D eigenvalue weighted by Gasteiger charge is 2.11. The number of benzene rings is 1. The van der Waals surface area contributed by atoms with E-state index in [0.29, 0.717) is 33.6 Å². The standard InChI is InChI=1S/C15H14ClN3O2/c1-9-4-10(8-17)5-15(18-9)19-12-7-13(20-2)11(16)6-14(12)21-3/h4-7H,1-3H3,(H,18,19). The van der Waals surface area contributed by atoms with Gasteiger partial charge in [0, 0.05) is 17.8 Å². The highest BCUT2D eigenvalue weighted by atomic mass is 35.5. The molecule has 108 valence electrons. The number of nitrogens with one attached hydrogen (secondary N) is 1. The number of nitriles is 1. The van der Waals surface area contributed by atoms with Crippen molar-refractivity contribution in [2.24, 2.45) is 0 Å². The number of anilines is 2. The first-order chi connectivity index (χ1) is 10.1. The molecule has 0 amide bonds. The maximum absolute atomic E-state index is 9.00. The highest BCUT2D eigenvalue weighted by molar-refractivity contribution is 6.32. The van der Waals surface area contributed by atoms with Crippen molar-refractivity contribution < 1.29 is 9.47 Å². The third kappa shape index (κ3) is 3.36. The van der Waals surface area contributed by atoms with Crippen LogP contribution >= 0.6 is 11.6 Å². The van der Waals surface area contributed by atoms with Crippen LogP contribution in [0.15, 0.2) is 24.3 Å². The summed E-state index contributed by atoms with van der Waals surface area (Å²) in [6, 6.07) is 8.85. The average Bonchev–Trinajstić information content (AvgIpc) is 2.47. The molecule has 21 heavy (non-hydrogen) atoms. The summed E-state index contributed by atoms with van der Waals surface area (Å²) in [5.74, 6) is 1.63. The molecule has 2 rings (SSSR count). The minimum absolute atomic E-state index is 0.454. The smallest absolute Gasteiger partial charge is 0.144 e.